The average Bonchev–Trinajstić information content (AvgIpc) is 2.64. The highest BCUT2D eigenvalue weighted by atomic mass is 16.1. The van der Waals surface area contributed by atoms with Gasteiger partial charge in [0.05, 0.1) is 0 Å². The number of hydrogen-bond donors (Lipinski definition) is 1. The van der Waals surface area contributed by atoms with Gasteiger partial charge in [0.25, 0.3) is 5.91 Å². The molecule has 1 fully saturated rings. The van der Waals surface area contributed by atoms with E-state index in [0.717, 1.165) is 31.1 Å². The molecule has 0 spiro atoms. The highest BCUT2D eigenvalue weighted by molar-refractivity contribution is 5.94. The van der Waals surface area contributed by atoms with Crippen molar-refractivity contribution >= 4 is 5.91 Å². The number of nitrogens with zero attached hydrogens (tertiary/aromatic N) is 1. The van der Waals surface area contributed by atoms with E-state index < -0.39 is 0 Å². The lowest BCUT2D eigenvalue weighted by atomic mass is 9.90. The van der Waals surface area contributed by atoms with Gasteiger partial charge in [-0.25, -0.2) is 0 Å². The summed E-state index contributed by atoms with van der Waals surface area (Å²) in [5.41, 5.74) is 3.44. The van der Waals surface area contributed by atoms with Crippen LogP contribution in [-0.2, 0) is 13.0 Å². The predicted octanol–water partition coefficient (Wildman–Crippen LogP) is 4.28. The first-order valence-electron chi connectivity index (χ1n) is 9.76. The summed E-state index contributed by atoms with van der Waals surface area (Å²) in [6.45, 7) is 7.18. The normalized spacial score (nSPS) is 16.0. The van der Waals surface area contributed by atoms with E-state index in [1.165, 1.54) is 30.4 Å². The molecule has 2 aromatic carbocycles. The zero-order chi connectivity index (χ0) is 18.4. The maximum Gasteiger partial charge on any atom is 0.251 e. The fourth-order valence-corrected chi connectivity index (χ4v) is 3.71. The van der Waals surface area contributed by atoms with Crippen molar-refractivity contribution in [2.24, 2.45) is 5.92 Å². The Kier molecular flexibility index (Phi) is 6.45. The minimum Gasteiger partial charge on any atom is -0.350 e. The van der Waals surface area contributed by atoms with Crippen molar-refractivity contribution in [3.63, 3.8) is 0 Å². The maximum atomic E-state index is 12.2. The molecule has 0 atom stereocenters. The van der Waals surface area contributed by atoms with E-state index in [1.807, 2.05) is 32.0 Å². The van der Waals surface area contributed by atoms with Crippen molar-refractivity contribution in [3.05, 3.63) is 71.3 Å². The summed E-state index contributed by atoms with van der Waals surface area (Å²) in [5, 5.41) is 2.97. The molecule has 0 radical (unpaired) electrons. The molecule has 1 heterocycles. The molecule has 26 heavy (non-hydrogen) atoms. The van der Waals surface area contributed by atoms with E-state index in [0.29, 0.717) is 0 Å². The van der Waals surface area contributed by atoms with Gasteiger partial charge >= 0.3 is 0 Å². The standard InChI is InChI=1S/C23H30N2O/c1-18(2)24-23(26)22-10-6-9-21(16-22)17-25-13-11-20(12-14-25)15-19-7-4-3-5-8-19/h3-10,16,18,20H,11-15,17H2,1-2H3,(H,24,26). The second-order valence-corrected chi connectivity index (χ2v) is 7.74. The molecular weight excluding hydrogens is 320 g/mol. The van der Waals surface area contributed by atoms with Crippen molar-refractivity contribution < 1.29 is 4.79 Å². The molecule has 1 N–H and O–H groups in total. The number of rotatable bonds is 6. The zero-order valence-corrected chi connectivity index (χ0v) is 15.9. The van der Waals surface area contributed by atoms with Crippen LogP contribution in [0.1, 0.15) is 48.2 Å². The van der Waals surface area contributed by atoms with Crippen LogP contribution < -0.4 is 5.32 Å². The fraction of sp³-hybridized carbons (Fsp3) is 0.435. The maximum absolute atomic E-state index is 12.2. The first-order valence-corrected chi connectivity index (χ1v) is 9.76. The number of nitrogens with one attached hydrogen (secondary N) is 1. The third-order valence-electron chi connectivity index (χ3n) is 5.09. The first-order chi connectivity index (χ1) is 12.6. The molecule has 1 amide bonds. The van der Waals surface area contributed by atoms with E-state index in [4.69, 9.17) is 0 Å². The summed E-state index contributed by atoms with van der Waals surface area (Å²) < 4.78 is 0. The van der Waals surface area contributed by atoms with Crippen molar-refractivity contribution in [1.82, 2.24) is 10.2 Å². The smallest absolute Gasteiger partial charge is 0.251 e. The molecule has 2 aromatic rings. The van der Waals surface area contributed by atoms with Crippen LogP contribution in [0.25, 0.3) is 0 Å². The molecule has 1 aliphatic rings. The van der Waals surface area contributed by atoms with Gasteiger partial charge in [-0.1, -0.05) is 42.5 Å². The number of benzene rings is 2. The fourth-order valence-electron chi connectivity index (χ4n) is 3.71. The molecule has 3 heteroatoms. The zero-order valence-electron chi connectivity index (χ0n) is 15.9. The Hall–Kier alpha value is -2.13. The first kappa shape index (κ1) is 18.7. The molecule has 0 bridgehead atoms. The summed E-state index contributed by atoms with van der Waals surface area (Å²) >= 11 is 0. The van der Waals surface area contributed by atoms with Crippen molar-refractivity contribution in [2.75, 3.05) is 13.1 Å². The summed E-state index contributed by atoms with van der Waals surface area (Å²) in [5.74, 6) is 0.806. The third kappa shape index (κ3) is 5.43. The Morgan fingerprint density at radius 1 is 1.04 bits per heavy atom. The summed E-state index contributed by atoms with van der Waals surface area (Å²) in [7, 11) is 0. The second kappa shape index (κ2) is 9.00. The number of carbonyl (C=O) groups is 1. The molecule has 3 nitrogen and oxygen atoms in total. The van der Waals surface area contributed by atoms with E-state index in [1.54, 1.807) is 0 Å². The van der Waals surface area contributed by atoms with Gasteiger partial charge in [0, 0.05) is 18.2 Å². The number of carbonyl (C=O) groups excluding carboxylic acids is 1. The Bertz CT molecular complexity index is 703. The lowest BCUT2D eigenvalue weighted by molar-refractivity contribution is 0.0943. The van der Waals surface area contributed by atoms with Crippen LogP contribution in [0.3, 0.4) is 0 Å². The SMILES string of the molecule is CC(C)NC(=O)c1cccc(CN2CCC(Cc3ccccc3)CC2)c1. The Labute approximate surface area is 157 Å². The molecule has 1 saturated heterocycles. The monoisotopic (exact) mass is 350 g/mol. The lowest BCUT2D eigenvalue weighted by Crippen LogP contribution is -2.34. The summed E-state index contributed by atoms with van der Waals surface area (Å²) in [6, 6.07) is 19.0. The van der Waals surface area contributed by atoms with Gasteiger partial charge in [-0.2, -0.15) is 0 Å². The van der Waals surface area contributed by atoms with Crippen molar-refractivity contribution in [2.45, 2.75) is 45.7 Å². The Morgan fingerprint density at radius 3 is 2.42 bits per heavy atom. The molecule has 0 aromatic heterocycles. The van der Waals surface area contributed by atoms with Gasteiger partial charge in [0.15, 0.2) is 0 Å². The largest absolute Gasteiger partial charge is 0.350 e. The minimum absolute atomic E-state index is 0.0171. The number of amides is 1. The molecule has 0 aliphatic carbocycles. The minimum atomic E-state index is 0.0171. The number of likely N-dealkylation sites (tertiary alicyclic amines) is 1. The molecule has 138 valence electrons. The van der Waals surface area contributed by atoms with Gasteiger partial charge in [0.1, 0.15) is 0 Å². The Morgan fingerprint density at radius 2 is 1.73 bits per heavy atom. The topological polar surface area (TPSA) is 32.3 Å². The van der Waals surface area contributed by atoms with Crippen LogP contribution in [0.15, 0.2) is 54.6 Å². The predicted molar refractivity (Wildman–Crippen MR) is 107 cm³/mol. The van der Waals surface area contributed by atoms with Gasteiger partial charge < -0.3 is 5.32 Å². The summed E-state index contributed by atoms with van der Waals surface area (Å²) in [4.78, 5) is 14.7. The highest BCUT2D eigenvalue weighted by Crippen LogP contribution is 2.23. The van der Waals surface area contributed by atoms with Crippen molar-refractivity contribution in [3.8, 4) is 0 Å². The Balaban J connectivity index is 1.51. The molecule has 1 aliphatic heterocycles. The van der Waals surface area contributed by atoms with E-state index in [-0.39, 0.29) is 11.9 Å². The van der Waals surface area contributed by atoms with Crippen LogP contribution in [0.4, 0.5) is 0 Å². The number of hydrogen-bond acceptors (Lipinski definition) is 2. The molecule has 0 saturated carbocycles. The van der Waals surface area contributed by atoms with Crippen LogP contribution in [-0.4, -0.2) is 29.9 Å². The van der Waals surface area contributed by atoms with Crippen LogP contribution >= 0.6 is 0 Å². The highest BCUT2D eigenvalue weighted by Gasteiger charge is 2.19. The lowest BCUT2D eigenvalue weighted by Gasteiger charge is -2.32. The van der Waals surface area contributed by atoms with E-state index in [9.17, 15) is 4.79 Å². The van der Waals surface area contributed by atoms with Gasteiger partial charge in [0.2, 0.25) is 0 Å². The van der Waals surface area contributed by atoms with E-state index in [2.05, 4.69) is 46.6 Å². The van der Waals surface area contributed by atoms with Gasteiger partial charge in [-0.15, -0.1) is 0 Å². The van der Waals surface area contributed by atoms with Crippen molar-refractivity contribution in [1.29, 1.82) is 0 Å². The molecule has 3 rings (SSSR count). The van der Waals surface area contributed by atoms with Crippen LogP contribution in [0.2, 0.25) is 0 Å². The van der Waals surface area contributed by atoms with Crippen LogP contribution in [0, 0.1) is 5.92 Å². The quantitative estimate of drug-likeness (QED) is 0.843. The number of piperidine rings is 1. The second-order valence-electron chi connectivity index (χ2n) is 7.74. The van der Waals surface area contributed by atoms with Gasteiger partial charge in [-0.3, -0.25) is 9.69 Å². The van der Waals surface area contributed by atoms with Gasteiger partial charge in [-0.05, 0) is 75.4 Å². The van der Waals surface area contributed by atoms with Crippen LogP contribution in [0.5, 0.6) is 0 Å². The average molecular weight is 351 g/mol. The summed E-state index contributed by atoms with van der Waals surface area (Å²) in [6.07, 6.45) is 3.70. The molecule has 0 unspecified atom stereocenters. The third-order valence-corrected chi connectivity index (χ3v) is 5.09. The van der Waals surface area contributed by atoms with E-state index >= 15 is 0 Å². The molecular formula is C23H30N2O.